The van der Waals surface area contributed by atoms with Gasteiger partial charge in [0.1, 0.15) is 0 Å². The van der Waals surface area contributed by atoms with Gasteiger partial charge in [0, 0.05) is 31.3 Å². The SMILES string of the molecule is COc1cccc2c1OC[C@@H](CNC(=O)CCc1cccnc1)C2. The number of rotatable bonds is 6. The molecule has 0 aliphatic carbocycles. The van der Waals surface area contributed by atoms with Crippen LogP contribution in [0.3, 0.4) is 0 Å². The number of amides is 1. The summed E-state index contributed by atoms with van der Waals surface area (Å²) >= 11 is 0. The molecule has 0 spiro atoms. The molecule has 1 aliphatic rings. The molecule has 0 fully saturated rings. The lowest BCUT2D eigenvalue weighted by molar-refractivity contribution is -0.121. The molecule has 5 heteroatoms. The summed E-state index contributed by atoms with van der Waals surface area (Å²) in [7, 11) is 1.65. The molecule has 1 aromatic heterocycles. The van der Waals surface area contributed by atoms with Crippen LogP contribution in [0.2, 0.25) is 0 Å². The lowest BCUT2D eigenvalue weighted by Crippen LogP contribution is -2.35. The van der Waals surface area contributed by atoms with E-state index in [1.807, 2.05) is 30.3 Å². The first-order chi connectivity index (χ1) is 11.8. The van der Waals surface area contributed by atoms with Gasteiger partial charge in [-0.3, -0.25) is 9.78 Å². The van der Waals surface area contributed by atoms with Crippen molar-refractivity contribution in [3.05, 3.63) is 53.9 Å². The topological polar surface area (TPSA) is 60.5 Å². The normalized spacial score (nSPS) is 16.0. The number of carbonyl (C=O) groups is 1. The quantitative estimate of drug-likeness (QED) is 0.885. The van der Waals surface area contributed by atoms with Crippen molar-refractivity contribution in [3.63, 3.8) is 0 Å². The van der Waals surface area contributed by atoms with E-state index in [2.05, 4.69) is 10.3 Å². The number of aryl methyl sites for hydroxylation is 1. The summed E-state index contributed by atoms with van der Waals surface area (Å²) in [4.78, 5) is 16.1. The highest BCUT2D eigenvalue weighted by Gasteiger charge is 2.22. The van der Waals surface area contributed by atoms with Crippen LogP contribution < -0.4 is 14.8 Å². The van der Waals surface area contributed by atoms with Gasteiger partial charge in [-0.25, -0.2) is 0 Å². The van der Waals surface area contributed by atoms with E-state index in [0.29, 0.717) is 26.0 Å². The highest BCUT2D eigenvalue weighted by molar-refractivity contribution is 5.76. The second-order valence-corrected chi connectivity index (χ2v) is 6.00. The Morgan fingerprint density at radius 2 is 2.29 bits per heavy atom. The van der Waals surface area contributed by atoms with Crippen LogP contribution in [0.1, 0.15) is 17.5 Å². The lowest BCUT2D eigenvalue weighted by atomic mass is 9.96. The van der Waals surface area contributed by atoms with E-state index < -0.39 is 0 Å². The first-order valence-electron chi connectivity index (χ1n) is 8.20. The summed E-state index contributed by atoms with van der Waals surface area (Å²) in [6.45, 7) is 1.22. The zero-order valence-electron chi connectivity index (χ0n) is 13.8. The van der Waals surface area contributed by atoms with Gasteiger partial charge in [0.25, 0.3) is 0 Å². The number of pyridine rings is 1. The number of fused-ring (bicyclic) bond motifs is 1. The molecule has 0 unspecified atom stereocenters. The first kappa shape index (κ1) is 16.3. The van der Waals surface area contributed by atoms with Gasteiger partial charge in [-0.1, -0.05) is 18.2 Å². The van der Waals surface area contributed by atoms with Gasteiger partial charge in [-0.05, 0) is 36.1 Å². The molecular weight excluding hydrogens is 304 g/mol. The zero-order valence-corrected chi connectivity index (χ0v) is 13.8. The van der Waals surface area contributed by atoms with E-state index >= 15 is 0 Å². The van der Waals surface area contributed by atoms with Gasteiger partial charge in [-0.15, -0.1) is 0 Å². The van der Waals surface area contributed by atoms with Crippen molar-refractivity contribution in [1.29, 1.82) is 0 Å². The fourth-order valence-electron chi connectivity index (χ4n) is 2.90. The maximum Gasteiger partial charge on any atom is 0.220 e. The number of nitrogens with one attached hydrogen (secondary N) is 1. The van der Waals surface area contributed by atoms with Crippen LogP contribution in [0.4, 0.5) is 0 Å². The standard InChI is InChI=1S/C19H22N2O3/c1-23-17-6-2-5-16-10-15(13-24-19(16)17)12-21-18(22)8-7-14-4-3-9-20-11-14/h2-6,9,11,15H,7-8,10,12-13H2,1H3,(H,21,22)/t15-/m1/s1. The molecule has 0 radical (unpaired) electrons. The fourth-order valence-corrected chi connectivity index (χ4v) is 2.90. The molecule has 1 aromatic carbocycles. The molecule has 2 heterocycles. The number of methoxy groups -OCH3 is 1. The average molecular weight is 326 g/mol. The van der Waals surface area contributed by atoms with Crippen molar-refractivity contribution in [2.45, 2.75) is 19.3 Å². The Bertz CT molecular complexity index is 688. The van der Waals surface area contributed by atoms with E-state index in [9.17, 15) is 4.79 Å². The van der Waals surface area contributed by atoms with Crippen LogP contribution in [-0.2, 0) is 17.6 Å². The molecule has 1 N–H and O–H groups in total. The van der Waals surface area contributed by atoms with E-state index in [0.717, 1.165) is 29.0 Å². The lowest BCUT2D eigenvalue weighted by Gasteiger charge is -2.26. The third kappa shape index (κ3) is 4.04. The maximum atomic E-state index is 12.0. The number of ether oxygens (including phenoxy) is 2. The Labute approximate surface area is 142 Å². The average Bonchev–Trinajstić information content (AvgIpc) is 2.64. The van der Waals surface area contributed by atoms with Gasteiger partial charge in [0.2, 0.25) is 5.91 Å². The number of hydrogen-bond acceptors (Lipinski definition) is 4. The van der Waals surface area contributed by atoms with Crippen molar-refractivity contribution in [2.24, 2.45) is 5.92 Å². The molecule has 0 saturated heterocycles. The van der Waals surface area contributed by atoms with Gasteiger partial charge >= 0.3 is 0 Å². The molecule has 0 bridgehead atoms. The van der Waals surface area contributed by atoms with E-state index in [4.69, 9.17) is 9.47 Å². The number of nitrogens with zero attached hydrogens (tertiary/aromatic N) is 1. The van der Waals surface area contributed by atoms with Gasteiger partial charge < -0.3 is 14.8 Å². The van der Waals surface area contributed by atoms with Crippen molar-refractivity contribution in [1.82, 2.24) is 10.3 Å². The Kier molecular flexibility index (Phi) is 5.31. The minimum absolute atomic E-state index is 0.0651. The van der Waals surface area contributed by atoms with Gasteiger partial charge in [0.05, 0.1) is 13.7 Å². The maximum absolute atomic E-state index is 12.0. The smallest absolute Gasteiger partial charge is 0.220 e. The number of benzene rings is 1. The number of hydrogen-bond donors (Lipinski definition) is 1. The van der Waals surface area contributed by atoms with Crippen LogP contribution in [0, 0.1) is 5.92 Å². The predicted octanol–water partition coefficient (Wildman–Crippen LogP) is 2.39. The summed E-state index contributed by atoms with van der Waals surface area (Å²) in [6.07, 6.45) is 5.60. The second-order valence-electron chi connectivity index (χ2n) is 6.00. The molecule has 0 saturated carbocycles. The van der Waals surface area contributed by atoms with Crippen LogP contribution in [0.25, 0.3) is 0 Å². The van der Waals surface area contributed by atoms with Crippen LogP contribution >= 0.6 is 0 Å². The van der Waals surface area contributed by atoms with Crippen molar-refractivity contribution < 1.29 is 14.3 Å². The summed E-state index contributed by atoms with van der Waals surface area (Å²) in [5, 5.41) is 3.01. The predicted molar refractivity (Wildman–Crippen MR) is 91.3 cm³/mol. The van der Waals surface area contributed by atoms with E-state index in [1.165, 1.54) is 0 Å². The molecule has 24 heavy (non-hydrogen) atoms. The van der Waals surface area contributed by atoms with Crippen LogP contribution in [-0.4, -0.2) is 31.2 Å². The fraction of sp³-hybridized carbons (Fsp3) is 0.368. The highest BCUT2D eigenvalue weighted by Crippen LogP contribution is 2.35. The Balaban J connectivity index is 1.46. The van der Waals surface area contributed by atoms with Crippen LogP contribution in [0.5, 0.6) is 11.5 Å². The first-order valence-corrected chi connectivity index (χ1v) is 8.20. The Hall–Kier alpha value is -2.56. The van der Waals surface area contributed by atoms with Crippen molar-refractivity contribution >= 4 is 5.91 Å². The van der Waals surface area contributed by atoms with Crippen LogP contribution in [0.15, 0.2) is 42.7 Å². The monoisotopic (exact) mass is 326 g/mol. The molecule has 2 aromatic rings. The largest absolute Gasteiger partial charge is 0.493 e. The molecule has 1 amide bonds. The number of carbonyl (C=O) groups excluding carboxylic acids is 1. The Morgan fingerprint density at radius 1 is 1.38 bits per heavy atom. The molecule has 3 rings (SSSR count). The summed E-state index contributed by atoms with van der Waals surface area (Å²) in [5.74, 6) is 1.95. The third-order valence-corrected chi connectivity index (χ3v) is 4.20. The molecule has 126 valence electrons. The highest BCUT2D eigenvalue weighted by atomic mass is 16.5. The molecular formula is C19H22N2O3. The van der Waals surface area contributed by atoms with E-state index in [-0.39, 0.29) is 11.8 Å². The molecule has 1 aliphatic heterocycles. The third-order valence-electron chi connectivity index (χ3n) is 4.20. The van der Waals surface area contributed by atoms with Crippen molar-refractivity contribution in [3.8, 4) is 11.5 Å². The summed E-state index contributed by atoms with van der Waals surface area (Å²) in [6, 6.07) is 9.79. The van der Waals surface area contributed by atoms with Gasteiger partial charge in [0.15, 0.2) is 11.5 Å². The van der Waals surface area contributed by atoms with Crippen molar-refractivity contribution in [2.75, 3.05) is 20.3 Å². The summed E-state index contributed by atoms with van der Waals surface area (Å²) < 4.78 is 11.2. The molecule has 1 atom stereocenters. The zero-order chi connectivity index (χ0) is 16.8. The second kappa shape index (κ2) is 7.81. The molecule has 5 nitrogen and oxygen atoms in total. The van der Waals surface area contributed by atoms with Gasteiger partial charge in [-0.2, -0.15) is 0 Å². The van der Waals surface area contributed by atoms with E-state index in [1.54, 1.807) is 19.5 Å². The minimum atomic E-state index is 0.0651. The Morgan fingerprint density at radius 3 is 3.08 bits per heavy atom. The minimum Gasteiger partial charge on any atom is -0.493 e. The number of para-hydroxylation sites is 1. The number of aromatic nitrogens is 1. The summed E-state index contributed by atoms with van der Waals surface area (Å²) in [5.41, 5.74) is 2.21.